The lowest BCUT2D eigenvalue weighted by atomic mass is 10.1. The number of allylic oxidation sites excluding steroid dienone is 2. The first kappa shape index (κ1) is 9.20. The Hall–Kier alpha value is -1.05. The molecule has 1 saturated carbocycles. The average Bonchev–Trinajstić information content (AvgIpc) is 3.04. The Kier molecular flexibility index (Phi) is 2.35. The van der Waals surface area contributed by atoms with Crippen molar-refractivity contribution in [1.82, 2.24) is 10.2 Å². The first-order chi connectivity index (χ1) is 7.43. The number of nitrogens with one attached hydrogen (secondary N) is 1. The first-order valence-electron chi connectivity index (χ1n) is 6.18. The molecule has 0 unspecified atom stereocenters. The smallest absolute Gasteiger partial charge is 0.0880 e. The normalized spacial score (nSPS) is 22.3. The van der Waals surface area contributed by atoms with Crippen molar-refractivity contribution in [2.45, 2.75) is 50.9 Å². The number of rotatable bonds is 2. The van der Waals surface area contributed by atoms with Crippen LogP contribution in [-0.4, -0.2) is 10.2 Å². The van der Waals surface area contributed by atoms with Gasteiger partial charge in [0.15, 0.2) is 0 Å². The van der Waals surface area contributed by atoms with Crippen LogP contribution in [0.15, 0.2) is 12.1 Å². The lowest BCUT2D eigenvalue weighted by Gasteiger charge is -1.99. The second-order valence-corrected chi connectivity index (χ2v) is 4.81. The average molecular weight is 202 g/mol. The predicted octanol–water partition coefficient (Wildman–Crippen LogP) is 3.63. The molecule has 0 atom stereocenters. The van der Waals surface area contributed by atoms with Crippen molar-refractivity contribution in [3.05, 3.63) is 23.5 Å². The molecule has 1 heterocycles. The van der Waals surface area contributed by atoms with Crippen LogP contribution < -0.4 is 0 Å². The fourth-order valence-electron chi connectivity index (χ4n) is 2.35. The zero-order valence-electron chi connectivity index (χ0n) is 9.13. The number of H-pyrrole nitrogens is 1. The van der Waals surface area contributed by atoms with Crippen LogP contribution in [0, 0.1) is 0 Å². The Balaban J connectivity index is 1.80. The molecule has 2 aliphatic carbocycles. The van der Waals surface area contributed by atoms with Crippen LogP contribution in [0.25, 0.3) is 5.57 Å². The van der Waals surface area contributed by atoms with E-state index < -0.39 is 0 Å². The van der Waals surface area contributed by atoms with Crippen LogP contribution in [0.5, 0.6) is 0 Å². The third kappa shape index (κ3) is 1.99. The molecule has 0 saturated heterocycles. The summed E-state index contributed by atoms with van der Waals surface area (Å²) in [6.45, 7) is 0. The molecule has 0 amide bonds. The predicted molar refractivity (Wildman–Crippen MR) is 61.6 cm³/mol. The largest absolute Gasteiger partial charge is 0.282 e. The van der Waals surface area contributed by atoms with Crippen LogP contribution >= 0.6 is 0 Å². The molecule has 1 fully saturated rings. The topological polar surface area (TPSA) is 28.7 Å². The van der Waals surface area contributed by atoms with Gasteiger partial charge in [-0.2, -0.15) is 5.10 Å². The van der Waals surface area contributed by atoms with E-state index in [9.17, 15) is 0 Å². The van der Waals surface area contributed by atoms with Crippen molar-refractivity contribution in [2.24, 2.45) is 0 Å². The highest BCUT2D eigenvalue weighted by Crippen LogP contribution is 2.39. The zero-order chi connectivity index (χ0) is 10.1. The van der Waals surface area contributed by atoms with E-state index in [4.69, 9.17) is 0 Å². The van der Waals surface area contributed by atoms with Crippen molar-refractivity contribution in [1.29, 1.82) is 0 Å². The summed E-state index contributed by atoms with van der Waals surface area (Å²) >= 11 is 0. The molecule has 1 aromatic heterocycles. The summed E-state index contributed by atoms with van der Waals surface area (Å²) in [5.74, 6) is 0.789. The van der Waals surface area contributed by atoms with E-state index in [-0.39, 0.29) is 0 Å². The number of aromatic amines is 1. The summed E-state index contributed by atoms with van der Waals surface area (Å²) in [4.78, 5) is 0. The van der Waals surface area contributed by atoms with Gasteiger partial charge in [-0.05, 0) is 50.2 Å². The summed E-state index contributed by atoms with van der Waals surface area (Å²) in [5.41, 5.74) is 4.03. The third-order valence-electron chi connectivity index (χ3n) is 3.48. The quantitative estimate of drug-likeness (QED) is 0.779. The van der Waals surface area contributed by atoms with E-state index in [0.29, 0.717) is 0 Å². The minimum atomic E-state index is 0.789. The van der Waals surface area contributed by atoms with Crippen LogP contribution in [0.4, 0.5) is 0 Å². The van der Waals surface area contributed by atoms with Crippen LogP contribution in [0.3, 0.4) is 0 Å². The van der Waals surface area contributed by atoms with Crippen molar-refractivity contribution in [3.8, 4) is 0 Å². The van der Waals surface area contributed by atoms with Gasteiger partial charge in [-0.25, -0.2) is 0 Å². The molecule has 0 radical (unpaired) electrons. The Bertz CT molecular complexity index is 372. The van der Waals surface area contributed by atoms with Crippen LogP contribution in [-0.2, 0) is 0 Å². The molecule has 2 aliphatic rings. The SMILES string of the molecule is C1=C(c2cc(C3CC3)[nH]n2)CCCCC1. The Morgan fingerprint density at radius 3 is 3.00 bits per heavy atom. The van der Waals surface area contributed by atoms with Crippen molar-refractivity contribution in [2.75, 3.05) is 0 Å². The van der Waals surface area contributed by atoms with Gasteiger partial charge in [-0.1, -0.05) is 12.5 Å². The monoisotopic (exact) mass is 202 g/mol. The standard InChI is InChI=1S/C13H18N2/c1-2-4-6-10(5-3-1)12-9-13(15-14-12)11-7-8-11/h5,9,11H,1-4,6-8H2,(H,14,15). The molecule has 0 aromatic carbocycles. The van der Waals surface area contributed by atoms with Crippen LogP contribution in [0.1, 0.15) is 62.3 Å². The molecular weight excluding hydrogens is 184 g/mol. The summed E-state index contributed by atoms with van der Waals surface area (Å²) < 4.78 is 0. The van der Waals surface area contributed by atoms with Gasteiger partial charge in [0.05, 0.1) is 5.69 Å². The van der Waals surface area contributed by atoms with E-state index >= 15 is 0 Å². The molecule has 0 aliphatic heterocycles. The lowest BCUT2D eigenvalue weighted by molar-refractivity contribution is 0.720. The molecule has 2 nitrogen and oxygen atoms in total. The first-order valence-corrected chi connectivity index (χ1v) is 6.18. The molecule has 1 aromatic rings. The molecule has 15 heavy (non-hydrogen) atoms. The maximum absolute atomic E-state index is 4.45. The van der Waals surface area contributed by atoms with Crippen molar-refractivity contribution >= 4 is 5.57 Å². The molecule has 0 bridgehead atoms. The van der Waals surface area contributed by atoms with Gasteiger partial charge >= 0.3 is 0 Å². The fourth-order valence-corrected chi connectivity index (χ4v) is 2.35. The number of hydrogen-bond donors (Lipinski definition) is 1. The van der Waals surface area contributed by atoms with Gasteiger partial charge in [0.1, 0.15) is 0 Å². The Morgan fingerprint density at radius 2 is 2.13 bits per heavy atom. The molecular formula is C13H18N2. The van der Waals surface area contributed by atoms with Gasteiger partial charge in [-0.3, -0.25) is 5.10 Å². The second kappa shape index (κ2) is 3.84. The molecule has 2 heteroatoms. The summed E-state index contributed by atoms with van der Waals surface area (Å²) in [7, 11) is 0. The highest BCUT2D eigenvalue weighted by atomic mass is 15.1. The maximum atomic E-state index is 4.45. The Morgan fingerprint density at radius 1 is 1.20 bits per heavy atom. The number of hydrogen-bond acceptors (Lipinski definition) is 1. The fraction of sp³-hybridized carbons (Fsp3) is 0.615. The molecule has 1 N–H and O–H groups in total. The van der Waals surface area contributed by atoms with Gasteiger partial charge in [0.2, 0.25) is 0 Å². The van der Waals surface area contributed by atoms with E-state index in [1.54, 1.807) is 0 Å². The molecule has 80 valence electrons. The van der Waals surface area contributed by atoms with Gasteiger partial charge < -0.3 is 0 Å². The number of nitrogens with zero attached hydrogens (tertiary/aromatic N) is 1. The highest BCUT2D eigenvalue weighted by molar-refractivity contribution is 5.63. The highest BCUT2D eigenvalue weighted by Gasteiger charge is 2.25. The van der Waals surface area contributed by atoms with Crippen molar-refractivity contribution < 1.29 is 0 Å². The minimum Gasteiger partial charge on any atom is -0.282 e. The van der Waals surface area contributed by atoms with Gasteiger partial charge in [0, 0.05) is 11.6 Å². The van der Waals surface area contributed by atoms with E-state index in [2.05, 4.69) is 22.3 Å². The Labute approximate surface area is 90.8 Å². The third-order valence-corrected chi connectivity index (χ3v) is 3.48. The molecule has 3 rings (SSSR count). The van der Waals surface area contributed by atoms with Gasteiger partial charge in [-0.15, -0.1) is 0 Å². The molecule has 0 spiro atoms. The van der Waals surface area contributed by atoms with Crippen LogP contribution in [0.2, 0.25) is 0 Å². The summed E-state index contributed by atoms with van der Waals surface area (Å²) in [5, 5.41) is 7.64. The van der Waals surface area contributed by atoms with Gasteiger partial charge in [0.25, 0.3) is 0 Å². The second-order valence-electron chi connectivity index (χ2n) is 4.81. The number of aromatic nitrogens is 2. The zero-order valence-corrected chi connectivity index (χ0v) is 9.13. The minimum absolute atomic E-state index is 0.789. The van der Waals surface area contributed by atoms with E-state index in [1.165, 1.54) is 61.9 Å². The maximum Gasteiger partial charge on any atom is 0.0880 e. The van der Waals surface area contributed by atoms with E-state index in [0.717, 1.165) is 5.92 Å². The van der Waals surface area contributed by atoms with E-state index in [1.807, 2.05) is 0 Å². The van der Waals surface area contributed by atoms with Crippen molar-refractivity contribution in [3.63, 3.8) is 0 Å². The summed E-state index contributed by atoms with van der Waals surface area (Å²) in [6, 6.07) is 2.27. The lowest BCUT2D eigenvalue weighted by Crippen LogP contribution is -1.83. The summed E-state index contributed by atoms with van der Waals surface area (Å²) in [6.07, 6.45) is 11.6.